The van der Waals surface area contributed by atoms with Gasteiger partial charge in [-0.3, -0.25) is 19.4 Å². The fourth-order valence-corrected chi connectivity index (χ4v) is 3.54. The number of ether oxygens (including phenoxy) is 1. The van der Waals surface area contributed by atoms with Gasteiger partial charge in [-0.2, -0.15) is 0 Å². The molecule has 2 heterocycles. The number of imide groups is 1. The van der Waals surface area contributed by atoms with E-state index in [0.717, 1.165) is 11.0 Å². The first-order valence-corrected chi connectivity index (χ1v) is 8.20. The third kappa shape index (κ3) is 2.95. The van der Waals surface area contributed by atoms with Crippen LogP contribution in [0.4, 0.5) is 0 Å². The number of hydrogen-bond acceptors (Lipinski definition) is 4. The number of likely N-dealkylation sites (tertiary alicyclic amines) is 2. The van der Waals surface area contributed by atoms with Crippen LogP contribution in [-0.4, -0.2) is 55.0 Å². The SMILES string of the molecule is COCCN1C(=O)[C@H]2CN(Cc3ccc(Br)cc3)C[C@H]2C1=O. The maximum Gasteiger partial charge on any atom is 0.234 e. The Kier molecular flexibility index (Phi) is 4.61. The van der Waals surface area contributed by atoms with Gasteiger partial charge in [-0.25, -0.2) is 0 Å². The van der Waals surface area contributed by atoms with Crippen molar-refractivity contribution < 1.29 is 14.3 Å². The van der Waals surface area contributed by atoms with Crippen LogP contribution in [0.1, 0.15) is 5.56 Å². The van der Waals surface area contributed by atoms with Crippen LogP contribution in [0, 0.1) is 11.8 Å². The Morgan fingerprint density at radius 2 is 1.73 bits per heavy atom. The first-order valence-electron chi connectivity index (χ1n) is 7.41. The summed E-state index contributed by atoms with van der Waals surface area (Å²) in [6.45, 7) is 2.87. The number of methoxy groups -OCH3 is 1. The highest BCUT2D eigenvalue weighted by molar-refractivity contribution is 9.10. The Hall–Kier alpha value is -1.24. The molecule has 22 heavy (non-hydrogen) atoms. The molecule has 0 bridgehead atoms. The van der Waals surface area contributed by atoms with Gasteiger partial charge in [-0.05, 0) is 17.7 Å². The second-order valence-corrected chi connectivity index (χ2v) is 6.77. The van der Waals surface area contributed by atoms with Crippen molar-refractivity contribution in [2.24, 2.45) is 11.8 Å². The van der Waals surface area contributed by atoms with E-state index in [1.165, 1.54) is 10.5 Å². The highest BCUT2D eigenvalue weighted by Crippen LogP contribution is 2.34. The van der Waals surface area contributed by atoms with Crippen molar-refractivity contribution in [2.75, 3.05) is 33.4 Å². The van der Waals surface area contributed by atoms with Gasteiger partial charge < -0.3 is 4.74 Å². The number of rotatable bonds is 5. The van der Waals surface area contributed by atoms with E-state index in [1.807, 2.05) is 12.1 Å². The molecule has 2 aliphatic heterocycles. The molecule has 1 aromatic carbocycles. The van der Waals surface area contributed by atoms with Crippen molar-refractivity contribution in [1.82, 2.24) is 9.80 Å². The molecular weight excluding hydrogens is 348 g/mol. The number of nitrogens with zero attached hydrogens (tertiary/aromatic N) is 2. The van der Waals surface area contributed by atoms with Crippen molar-refractivity contribution in [1.29, 1.82) is 0 Å². The van der Waals surface area contributed by atoms with Gasteiger partial charge in [0.25, 0.3) is 0 Å². The molecule has 0 radical (unpaired) electrons. The zero-order chi connectivity index (χ0) is 15.7. The lowest BCUT2D eigenvalue weighted by molar-refractivity contribution is -0.141. The average molecular weight is 367 g/mol. The zero-order valence-electron chi connectivity index (χ0n) is 12.5. The molecule has 2 fully saturated rings. The standard InChI is InChI=1S/C16H19BrN2O3/c1-22-7-6-19-15(20)13-9-18(10-14(13)16(19)21)8-11-2-4-12(17)5-3-11/h2-5,13-14H,6-10H2,1H3/t13-,14+. The molecule has 0 unspecified atom stereocenters. The number of amides is 2. The molecule has 2 aliphatic rings. The quantitative estimate of drug-likeness (QED) is 0.741. The molecule has 1 aromatic rings. The van der Waals surface area contributed by atoms with Gasteiger partial charge in [0, 0.05) is 31.2 Å². The van der Waals surface area contributed by atoms with E-state index in [1.54, 1.807) is 7.11 Å². The molecule has 2 atom stereocenters. The minimum Gasteiger partial charge on any atom is -0.383 e. The normalized spacial score (nSPS) is 25.1. The zero-order valence-corrected chi connectivity index (χ0v) is 14.1. The van der Waals surface area contributed by atoms with E-state index >= 15 is 0 Å². The molecule has 0 spiro atoms. The summed E-state index contributed by atoms with van der Waals surface area (Å²) >= 11 is 3.42. The first-order chi connectivity index (χ1) is 10.6. The molecule has 0 saturated carbocycles. The fraction of sp³-hybridized carbons (Fsp3) is 0.500. The first kappa shape index (κ1) is 15.6. The van der Waals surface area contributed by atoms with Crippen molar-refractivity contribution >= 4 is 27.7 Å². The van der Waals surface area contributed by atoms with E-state index in [2.05, 4.69) is 33.0 Å². The van der Waals surface area contributed by atoms with Crippen LogP contribution < -0.4 is 0 Å². The van der Waals surface area contributed by atoms with Crippen molar-refractivity contribution in [2.45, 2.75) is 6.54 Å². The summed E-state index contributed by atoms with van der Waals surface area (Å²) in [4.78, 5) is 28.3. The number of benzene rings is 1. The molecule has 118 valence electrons. The number of fused-ring (bicyclic) bond motifs is 1. The summed E-state index contributed by atoms with van der Waals surface area (Å²) in [5, 5.41) is 0. The van der Waals surface area contributed by atoms with Gasteiger partial charge in [-0.15, -0.1) is 0 Å². The summed E-state index contributed by atoms with van der Waals surface area (Å²) in [6.07, 6.45) is 0. The van der Waals surface area contributed by atoms with Crippen LogP contribution in [0.15, 0.2) is 28.7 Å². The topological polar surface area (TPSA) is 49.9 Å². The Morgan fingerprint density at radius 3 is 2.27 bits per heavy atom. The molecular formula is C16H19BrN2O3. The second kappa shape index (κ2) is 6.48. The van der Waals surface area contributed by atoms with Crippen LogP contribution in [-0.2, 0) is 20.9 Å². The third-order valence-electron chi connectivity index (χ3n) is 4.40. The Bertz CT molecular complexity index is 551. The molecule has 6 heteroatoms. The highest BCUT2D eigenvalue weighted by atomic mass is 79.9. The minimum absolute atomic E-state index is 0.0367. The van der Waals surface area contributed by atoms with E-state index in [0.29, 0.717) is 26.2 Å². The van der Waals surface area contributed by atoms with Gasteiger partial charge in [0.1, 0.15) is 0 Å². The average Bonchev–Trinajstić information content (AvgIpc) is 3.01. The van der Waals surface area contributed by atoms with E-state index in [9.17, 15) is 9.59 Å². The lowest BCUT2D eigenvalue weighted by Gasteiger charge is -2.20. The van der Waals surface area contributed by atoms with Gasteiger partial charge >= 0.3 is 0 Å². The number of carbonyl (C=O) groups excluding carboxylic acids is 2. The van der Waals surface area contributed by atoms with E-state index < -0.39 is 0 Å². The van der Waals surface area contributed by atoms with Gasteiger partial charge in [-0.1, -0.05) is 28.1 Å². The number of hydrogen-bond donors (Lipinski definition) is 0. The Balaban J connectivity index is 1.63. The van der Waals surface area contributed by atoms with Gasteiger partial charge in [0.2, 0.25) is 11.8 Å². The maximum absolute atomic E-state index is 12.4. The van der Waals surface area contributed by atoms with Gasteiger partial charge in [0.15, 0.2) is 0 Å². The molecule has 5 nitrogen and oxygen atoms in total. The van der Waals surface area contributed by atoms with Crippen LogP contribution >= 0.6 is 15.9 Å². The van der Waals surface area contributed by atoms with Crippen LogP contribution in [0.3, 0.4) is 0 Å². The summed E-state index contributed by atoms with van der Waals surface area (Å²) in [5.74, 6) is -0.435. The number of halogens is 1. The monoisotopic (exact) mass is 366 g/mol. The van der Waals surface area contributed by atoms with Crippen molar-refractivity contribution in [3.05, 3.63) is 34.3 Å². The van der Waals surface area contributed by atoms with Gasteiger partial charge in [0.05, 0.1) is 25.0 Å². The van der Waals surface area contributed by atoms with E-state index in [-0.39, 0.29) is 23.7 Å². The largest absolute Gasteiger partial charge is 0.383 e. The lowest BCUT2D eigenvalue weighted by Crippen LogP contribution is -2.37. The minimum atomic E-state index is -0.181. The predicted molar refractivity (Wildman–Crippen MR) is 85.0 cm³/mol. The molecule has 2 amide bonds. The lowest BCUT2D eigenvalue weighted by atomic mass is 10.00. The van der Waals surface area contributed by atoms with Crippen LogP contribution in [0.5, 0.6) is 0 Å². The summed E-state index contributed by atoms with van der Waals surface area (Å²) in [7, 11) is 1.58. The fourth-order valence-electron chi connectivity index (χ4n) is 3.27. The number of carbonyl (C=O) groups is 2. The Labute approximate surface area is 138 Å². The predicted octanol–water partition coefficient (Wildman–Crippen LogP) is 1.51. The molecule has 0 aromatic heterocycles. The van der Waals surface area contributed by atoms with E-state index in [4.69, 9.17) is 4.74 Å². The smallest absolute Gasteiger partial charge is 0.234 e. The molecule has 0 aliphatic carbocycles. The third-order valence-corrected chi connectivity index (χ3v) is 4.93. The Morgan fingerprint density at radius 1 is 1.14 bits per heavy atom. The van der Waals surface area contributed by atoms with Crippen LogP contribution in [0.2, 0.25) is 0 Å². The van der Waals surface area contributed by atoms with Crippen LogP contribution in [0.25, 0.3) is 0 Å². The maximum atomic E-state index is 12.4. The highest BCUT2D eigenvalue weighted by Gasteiger charge is 2.51. The molecule has 2 saturated heterocycles. The summed E-state index contributed by atoms with van der Waals surface area (Å²) in [6, 6.07) is 8.14. The molecule has 3 rings (SSSR count). The molecule has 0 N–H and O–H groups in total. The van der Waals surface area contributed by atoms with Crippen molar-refractivity contribution in [3.8, 4) is 0 Å². The summed E-state index contributed by atoms with van der Waals surface area (Å²) in [5.41, 5.74) is 1.19. The second-order valence-electron chi connectivity index (χ2n) is 5.85. The summed E-state index contributed by atoms with van der Waals surface area (Å²) < 4.78 is 6.02. The van der Waals surface area contributed by atoms with Crippen molar-refractivity contribution in [3.63, 3.8) is 0 Å².